The highest BCUT2D eigenvalue weighted by Gasteiger charge is 2.48. The van der Waals surface area contributed by atoms with E-state index in [1.807, 2.05) is 6.92 Å². The molecule has 2 aromatic rings. The van der Waals surface area contributed by atoms with Crippen molar-refractivity contribution in [2.75, 3.05) is 0 Å². The van der Waals surface area contributed by atoms with E-state index in [2.05, 4.69) is 10.3 Å². The molecular weight excluding hydrogens is 281 g/mol. The number of aryl methyl sites for hydroxylation is 1. The predicted molar refractivity (Wildman–Crippen MR) is 70.7 cm³/mol. The van der Waals surface area contributed by atoms with Crippen molar-refractivity contribution >= 4 is 0 Å². The van der Waals surface area contributed by atoms with Crippen LogP contribution in [0, 0.1) is 18.7 Å². The zero-order valence-electron chi connectivity index (χ0n) is 11.4. The van der Waals surface area contributed by atoms with Crippen LogP contribution in [0.4, 0.5) is 13.2 Å². The SMILES string of the molecule is Cc1ccc(F)cc1-n1cc(C(N)C2CC(F)(F)C2)nn1. The summed E-state index contributed by atoms with van der Waals surface area (Å²) >= 11 is 0. The van der Waals surface area contributed by atoms with Crippen LogP contribution >= 0.6 is 0 Å². The fraction of sp³-hybridized carbons (Fsp3) is 0.429. The Balaban J connectivity index is 1.82. The van der Waals surface area contributed by atoms with Crippen LogP contribution in [0.25, 0.3) is 5.69 Å². The Hall–Kier alpha value is -1.89. The molecule has 2 N–H and O–H groups in total. The van der Waals surface area contributed by atoms with E-state index in [1.165, 1.54) is 16.8 Å². The van der Waals surface area contributed by atoms with E-state index in [1.54, 1.807) is 12.3 Å². The number of alkyl halides is 2. The lowest BCUT2D eigenvalue weighted by atomic mass is 9.76. The Labute approximate surface area is 119 Å². The van der Waals surface area contributed by atoms with Crippen LogP contribution < -0.4 is 5.73 Å². The normalized spacial score (nSPS) is 19.3. The van der Waals surface area contributed by atoms with Crippen LogP contribution in [0.5, 0.6) is 0 Å². The second kappa shape index (κ2) is 4.84. The van der Waals surface area contributed by atoms with Crippen molar-refractivity contribution < 1.29 is 13.2 Å². The first kappa shape index (κ1) is 14.1. The topological polar surface area (TPSA) is 56.7 Å². The van der Waals surface area contributed by atoms with Crippen molar-refractivity contribution in [1.29, 1.82) is 0 Å². The van der Waals surface area contributed by atoms with Gasteiger partial charge in [-0.15, -0.1) is 5.10 Å². The molecule has 3 rings (SSSR count). The molecule has 7 heteroatoms. The lowest BCUT2D eigenvalue weighted by Crippen LogP contribution is -2.41. The summed E-state index contributed by atoms with van der Waals surface area (Å²) < 4.78 is 40.5. The molecule has 0 saturated heterocycles. The Morgan fingerprint density at radius 2 is 2.10 bits per heavy atom. The first-order chi connectivity index (χ1) is 9.85. The van der Waals surface area contributed by atoms with Gasteiger partial charge in [0.1, 0.15) is 11.5 Å². The number of hydrogen-bond donors (Lipinski definition) is 1. The molecule has 1 aliphatic rings. The van der Waals surface area contributed by atoms with Gasteiger partial charge >= 0.3 is 0 Å². The van der Waals surface area contributed by atoms with E-state index in [-0.39, 0.29) is 24.6 Å². The predicted octanol–water partition coefficient (Wildman–Crippen LogP) is 2.76. The van der Waals surface area contributed by atoms with E-state index in [4.69, 9.17) is 5.73 Å². The molecule has 1 unspecified atom stereocenters. The monoisotopic (exact) mass is 296 g/mol. The van der Waals surface area contributed by atoms with E-state index >= 15 is 0 Å². The number of aromatic nitrogens is 3. The smallest absolute Gasteiger partial charge is 0.248 e. The van der Waals surface area contributed by atoms with E-state index in [0.29, 0.717) is 11.4 Å². The lowest BCUT2D eigenvalue weighted by Gasteiger charge is -2.37. The fourth-order valence-corrected chi connectivity index (χ4v) is 2.58. The van der Waals surface area contributed by atoms with Crippen LogP contribution in [-0.2, 0) is 0 Å². The van der Waals surface area contributed by atoms with Crippen molar-refractivity contribution in [3.05, 3.63) is 41.5 Å². The molecular formula is C14H15F3N4. The van der Waals surface area contributed by atoms with E-state index in [9.17, 15) is 13.2 Å². The summed E-state index contributed by atoms with van der Waals surface area (Å²) in [6.45, 7) is 1.82. The second-order valence-electron chi connectivity index (χ2n) is 5.57. The first-order valence-corrected chi connectivity index (χ1v) is 6.68. The lowest BCUT2D eigenvalue weighted by molar-refractivity contribution is -0.117. The largest absolute Gasteiger partial charge is 0.322 e. The summed E-state index contributed by atoms with van der Waals surface area (Å²) in [4.78, 5) is 0. The van der Waals surface area contributed by atoms with Crippen LogP contribution in [0.2, 0.25) is 0 Å². The maximum Gasteiger partial charge on any atom is 0.248 e. The maximum atomic E-state index is 13.3. The van der Waals surface area contributed by atoms with Gasteiger partial charge in [0.15, 0.2) is 0 Å². The number of hydrogen-bond acceptors (Lipinski definition) is 3. The number of halogens is 3. The summed E-state index contributed by atoms with van der Waals surface area (Å²) in [6, 6.07) is 3.76. The van der Waals surface area contributed by atoms with Gasteiger partial charge in [-0.3, -0.25) is 0 Å². The average Bonchev–Trinajstić information content (AvgIpc) is 2.87. The number of nitrogens with zero attached hydrogens (tertiary/aromatic N) is 3. The molecule has 4 nitrogen and oxygen atoms in total. The molecule has 0 spiro atoms. The minimum absolute atomic E-state index is 0.222. The van der Waals surface area contributed by atoms with Crippen LogP contribution in [0.15, 0.2) is 24.4 Å². The molecule has 0 amide bonds. The third kappa shape index (κ3) is 2.65. The fourth-order valence-electron chi connectivity index (χ4n) is 2.58. The average molecular weight is 296 g/mol. The van der Waals surface area contributed by atoms with Gasteiger partial charge in [0, 0.05) is 12.8 Å². The molecule has 0 aliphatic heterocycles. The zero-order valence-corrected chi connectivity index (χ0v) is 11.4. The minimum atomic E-state index is -2.61. The summed E-state index contributed by atoms with van der Waals surface area (Å²) in [5.41, 5.74) is 7.79. The second-order valence-corrected chi connectivity index (χ2v) is 5.57. The van der Waals surface area contributed by atoms with Gasteiger partial charge in [0.05, 0.1) is 17.9 Å². The highest BCUT2D eigenvalue weighted by molar-refractivity contribution is 5.39. The molecule has 1 fully saturated rings. The summed E-state index contributed by atoms with van der Waals surface area (Å²) in [6.07, 6.45) is 1.13. The molecule has 1 aliphatic carbocycles. The molecule has 1 aromatic carbocycles. The molecule has 1 heterocycles. The van der Waals surface area contributed by atoms with Gasteiger partial charge in [0.25, 0.3) is 0 Å². The van der Waals surface area contributed by atoms with Gasteiger partial charge in [-0.05, 0) is 30.5 Å². The summed E-state index contributed by atoms with van der Waals surface area (Å²) in [5.74, 6) is -3.29. The Kier molecular flexibility index (Phi) is 3.24. The van der Waals surface area contributed by atoms with Gasteiger partial charge in [0.2, 0.25) is 5.92 Å². The van der Waals surface area contributed by atoms with Crippen molar-refractivity contribution in [2.45, 2.75) is 31.7 Å². The summed E-state index contributed by atoms with van der Waals surface area (Å²) in [5, 5.41) is 7.85. The summed E-state index contributed by atoms with van der Waals surface area (Å²) in [7, 11) is 0. The molecule has 1 aromatic heterocycles. The van der Waals surface area contributed by atoms with Gasteiger partial charge in [-0.2, -0.15) is 0 Å². The Morgan fingerprint density at radius 3 is 2.76 bits per heavy atom. The quantitative estimate of drug-likeness (QED) is 0.947. The third-order valence-electron chi connectivity index (χ3n) is 3.90. The van der Waals surface area contributed by atoms with Gasteiger partial charge < -0.3 is 5.73 Å². The van der Waals surface area contributed by atoms with Crippen LogP contribution in [-0.4, -0.2) is 20.9 Å². The number of rotatable bonds is 3. The van der Waals surface area contributed by atoms with Crippen LogP contribution in [0.3, 0.4) is 0 Å². The first-order valence-electron chi connectivity index (χ1n) is 6.68. The van der Waals surface area contributed by atoms with E-state index < -0.39 is 12.0 Å². The van der Waals surface area contributed by atoms with Crippen molar-refractivity contribution in [1.82, 2.24) is 15.0 Å². The highest BCUT2D eigenvalue weighted by Crippen LogP contribution is 2.47. The highest BCUT2D eigenvalue weighted by atomic mass is 19.3. The van der Waals surface area contributed by atoms with Gasteiger partial charge in [-0.1, -0.05) is 11.3 Å². The Morgan fingerprint density at radius 1 is 1.38 bits per heavy atom. The maximum absolute atomic E-state index is 13.3. The number of nitrogens with two attached hydrogens (primary N) is 1. The van der Waals surface area contributed by atoms with Crippen LogP contribution in [0.1, 0.15) is 30.1 Å². The van der Waals surface area contributed by atoms with Gasteiger partial charge in [-0.25, -0.2) is 17.9 Å². The standard InChI is InChI=1S/C14H15F3N4/c1-8-2-3-10(15)4-12(8)21-7-11(19-20-21)13(18)9-5-14(16,17)6-9/h2-4,7,9,13H,5-6,18H2,1H3. The van der Waals surface area contributed by atoms with Crippen molar-refractivity contribution in [3.63, 3.8) is 0 Å². The molecule has 21 heavy (non-hydrogen) atoms. The molecule has 1 atom stereocenters. The van der Waals surface area contributed by atoms with Crippen molar-refractivity contribution in [3.8, 4) is 5.69 Å². The third-order valence-corrected chi connectivity index (χ3v) is 3.90. The minimum Gasteiger partial charge on any atom is -0.322 e. The molecule has 0 bridgehead atoms. The number of benzene rings is 1. The Bertz CT molecular complexity index is 660. The van der Waals surface area contributed by atoms with Crippen molar-refractivity contribution in [2.24, 2.45) is 11.7 Å². The molecule has 0 radical (unpaired) electrons. The molecule has 112 valence electrons. The zero-order chi connectivity index (χ0) is 15.2. The molecule has 1 saturated carbocycles. The van der Waals surface area contributed by atoms with E-state index in [0.717, 1.165) is 5.56 Å².